The summed E-state index contributed by atoms with van der Waals surface area (Å²) in [5, 5.41) is 17.0. The highest BCUT2D eigenvalue weighted by Crippen LogP contribution is 2.16. The Morgan fingerprint density at radius 2 is 1.60 bits per heavy atom. The molecule has 0 bridgehead atoms. The highest BCUT2D eigenvalue weighted by molar-refractivity contribution is 6.61. The maximum atomic E-state index is 10.0. The maximum absolute atomic E-state index is 10.0. The van der Waals surface area contributed by atoms with Crippen molar-refractivity contribution < 1.29 is 14.8 Å². The summed E-state index contributed by atoms with van der Waals surface area (Å²) in [7, 11) is 0.0601. The van der Waals surface area contributed by atoms with Crippen LogP contribution in [0, 0.1) is 0 Å². The summed E-state index contributed by atoms with van der Waals surface area (Å²) in [6, 6.07) is 17.6. The number of rotatable bonds is 5. The average Bonchev–Trinajstić information content (AvgIpc) is 2.55. The molecule has 4 N–H and O–H groups in total. The molecule has 0 saturated carbocycles. The van der Waals surface area contributed by atoms with Gasteiger partial charge < -0.3 is 20.5 Å². The Kier molecular flexibility index (Phi) is 7.61. The Labute approximate surface area is 120 Å². The van der Waals surface area contributed by atoms with Crippen molar-refractivity contribution in [2.75, 3.05) is 20.3 Å². The molecule has 20 heavy (non-hydrogen) atoms. The van der Waals surface area contributed by atoms with E-state index in [0.717, 1.165) is 23.7 Å². The molecule has 0 fully saturated rings. The fourth-order valence-electron chi connectivity index (χ4n) is 1.86. The molecule has 2 aromatic rings. The molecule has 0 aliphatic rings. The minimum Gasteiger partial charge on any atom is -0.423 e. The molecule has 2 rings (SSSR count). The van der Waals surface area contributed by atoms with Crippen molar-refractivity contribution in [2.45, 2.75) is 0 Å². The fraction of sp³-hybridized carbons (Fsp3) is 0.200. The van der Waals surface area contributed by atoms with Gasteiger partial charge in [-0.3, -0.25) is 0 Å². The number of aliphatic hydroxyl groups is 1. The van der Waals surface area contributed by atoms with Crippen molar-refractivity contribution >= 4 is 12.6 Å². The van der Waals surface area contributed by atoms with E-state index >= 15 is 0 Å². The van der Waals surface area contributed by atoms with Crippen LogP contribution in [0.5, 0.6) is 0 Å². The third kappa shape index (κ3) is 4.47. The fourth-order valence-corrected chi connectivity index (χ4v) is 1.86. The summed E-state index contributed by atoms with van der Waals surface area (Å²) in [4.78, 5) is 0. The molecule has 4 nitrogen and oxygen atoms in total. The van der Waals surface area contributed by atoms with Crippen molar-refractivity contribution in [3.05, 3.63) is 54.6 Å². The number of aliphatic hydroxyl groups excluding tert-OH is 1. The highest BCUT2D eigenvalue weighted by Gasteiger charge is 2.19. The van der Waals surface area contributed by atoms with Gasteiger partial charge in [-0.25, -0.2) is 0 Å². The smallest absolute Gasteiger partial charge is 0.423 e. The largest absolute Gasteiger partial charge is 0.491 e. The van der Waals surface area contributed by atoms with Gasteiger partial charge in [0.15, 0.2) is 0 Å². The number of hydrogen-bond donors (Lipinski definition) is 3. The standard InChI is InChI=1S/C14H16BNO2.CH4O/c16-10-11-18-15(17)14-9-5-4-8-13(14)12-6-2-1-3-7-12;1-2/h1-9,17H,10-11,16H2;2H,1H3. The van der Waals surface area contributed by atoms with E-state index in [1.54, 1.807) is 0 Å². The summed E-state index contributed by atoms with van der Waals surface area (Å²) < 4.78 is 5.27. The maximum Gasteiger partial charge on any atom is 0.491 e. The summed E-state index contributed by atoms with van der Waals surface area (Å²) in [6.07, 6.45) is 0. The average molecular weight is 273 g/mol. The van der Waals surface area contributed by atoms with Crippen molar-refractivity contribution in [2.24, 2.45) is 5.73 Å². The molecule has 0 aliphatic carbocycles. The molecule has 0 atom stereocenters. The second-order valence-electron chi connectivity index (χ2n) is 3.97. The molecule has 0 heterocycles. The zero-order chi connectivity index (χ0) is 14.8. The van der Waals surface area contributed by atoms with Crippen molar-refractivity contribution in [3.8, 4) is 11.1 Å². The minimum absolute atomic E-state index is 0.338. The quantitative estimate of drug-likeness (QED) is 0.698. The van der Waals surface area contributed by atoms with Gasteiger partial charge in [0.05, 0.1) is 0 Å². The van der Waals surface area contributed by atoms with Crippen LogP contribution in [0.15, 0.2) is 54.6 Å². The van der Waals surface area contributed by atoms with Gasteiger partial charge in [-0.1, -0.05) is 54.6 Å². The van der Waals surface area contributed by atoms with Crippen LogP contribution in [0.2, 0.25) is 0 Å². The topological polar surface area (TPSA) is 75.7 Å². The molecule has 5 heteroatoms. The van der Waals surface area contributed by atoms with Gasteiger partial charge in [0.2, 0.25) is 0 Å². The first-order valence-corrected chi connectivity index (χ1v) is 6.41. The second-order valence-corrected chi connectivity index (χ2v) is 3.97. The van der Waals surface area contributed by atoms with E-state index in [9.17, 15) is 5.02 Å². The monoisotopic (exact) mass is 273 g/mol. The normalized spacial score (nSPS) is 9.60. The highest BCUT2D eigenvalue weighted by atomic mass is 16.5. The van der Waals surface area contributed by atoms with Crippen LogP contribution < -0.4 is 11.2 Å². The van der Waals surface area contributed by atoms with Gasteiger partial charge in [0, 0.05) is 20.3 Å². The van der Waals surface area contributed by atoms with Gasteiger partial charge in [-0.2, -0.15) is 0 Å². The van der Waals surface area contributed by atoms with Crippen LogP contribution >= 0.6 is 0 Å². The van der Waals surface area contributed by atoms with Crippen LogP contribution in [0.4, 0.5) is 0 Å². The Morgan fingerprint density at radius 3 is 2.25 bits per heavy atom. The van der Waals surface area contributed by atoms with Gasteiger partial charge in [0.1, 0.15) is 0 Å². The predicted molar refractivity (Wildman–Crippen MR) is 82.6 cm³/mol. The van der Waals surface area contributed by atoms with Gasteiger partial charge in [-0.15, -0.1) is 0 Å². The van der Waals surface area contributed by atoms with E-state index in [0.29, 0.717) is 13.2 Å². The molecule has 0 saturated heterocycles. The molecule has 2 aromatic carbocycles. The van der Waals surface area contributed by atoms with E-state index < -0.39 is 7.12 Å². The molecule has 0 amide bonds. The first-order valence-electron chi connectivity index (χ1n) is 6.41. The lowest BCUT2D eigenvalue weighted by molar-refractivity contribution is 0.279. The summed E-state index contributed by atoms with van der Waals surface area (Å²) >= 11 is 0. The Bertz CT molecular complexity index is 493. The van der Waals surface area contributed by atoms with Crippen LogP contribution in [-0.4, -0.2) is 37.5 Å². The Hall–Kier alpha value is -1.66. The molecule has 0 spiro atoms. The molecular formula is C15H20BNO3. The van der Waals surface area contributed by atoms with Crippen molar-refractivity contribution in [1.82, 2.24) is 0 Å². The van der Waals surface area contributed by atoms with Crippen molar-refractivity contribution in [3.63, 3.8) is 0 Å². The van der Waals surface area contributed by atoms with Crippen LogP contribution in [0.1, 0.15) is 0 Å². The van der Waals surface area contributed by atoms with Crippen molar-refractivity contribution in [1.29, 1.82) is 0 Å². The van der Waals surface area contributed by atoms with E-state index in [1.807, 2.05) is 54.6 Å². The first kappa shape index (κ1) is 16.4. The van der Waals surface area contributed by atoms with Gasteiger partial charge in [0.25, 0.3) is 0 Å². The number of nitrogens with two attached hydrogens (primary N) is 1. The van der Waals surface area contributed by atoms with Crippen LogP contribution in [-0.2, 0) is 4.65 Å². The second kappa shape index (κ2) is 9.28. The van der Waals surface area contributed by atoms with E-state index in [4.69, 9.17) is 15.5 Å². The van der Waals surface area contributed by atoms with Crippen LogP contribution in [0.3, 0.4) is 0 Å². The first-order chi connectivity index (χ1) is 9.83. The number of benzene rings is 2. The molecule has 0 radical (unpaired) electrons. The summed E-state index contributed by atoms with van der Waals surface area (Å²) in [6.45, 7) is 0.731. The molecule has 106 valence electrons. The SMILES string of the molecule is CO.NCCOB(O)c1ccccc1-c1ccccc1. The van der Waals surface area contributed by atoms with E-state index in [2.05, 4.69) is 0 Å². The zero-order valence-corrected chi connectivity index (χ0v) is 11.6. The van der Waals surface area contributed by atoms with Crippen LogP contribution in [0.25, 0.3) is 11.1 Å². The predicted octanol–water partition coefficient (Wildman–Crippen LogP) is 0.625. The molecular weight excluding hydrogens is 253 g/mol. The zero-order valence-electron chi connectivity index (χ0n) is 11.6. The van der Waals surface area contributed by atoms with Gasteiger partial charge >= 0.3 is 7.12 Å². The molecule has 0 unspecified atom stereocenters. The minimum atomic E-state index is -0.940. The lowest BCUT2D eigenvalue weighted by atomic mass is 9.75. The molecule has 0 aromatic heterocycles. The summed E-state index contributed by atoms with van der Waals surface area (Å²) in [5.41, 5.74) is 8.16. The lowest BCUT2D eigenvalue weighted by Crippen LogP contribution is -2.36. The number of hydrogen-bond acceptors (Lipinski definition) is 4. The van der Waals surface area contributed by atoms with Gasteiger partial charge in [-0.05, 0) is 16.6 Å². The third-order valence-corrected chi connectivity index (χ3v) is 2.71. The van der Waals surface area contributed by atoms with E-state index in [1.165, 1.54) is 0 Å². The van der Waals surface area contributed by atoms with E-state index in [-0.39, 0.29) is 0 Å². The third-order valence-electron chi connectivity index (χ3n) is 2.71. The lowest BCUT2D eigenvalue weighted by Gasteiger charge is -2.12. The Balaban J connectivity index is 0.000000956. The Morgan fingerprint density at radius 1 is 1.00 bits per heavy atom. The summed E-state index contributed by atoms with van der Waals surface area (Å²) in [5.74, 6) is 0. The molecule has 0 aliphatic heterocycles.